The van der Waals surface area contributed by atoms with E-state index < -0.39 is 5.78 Å². The van der Waals surface area contributed by atoms with Crippen molar-refractivity contribution in [3.63, 3.8) is 0 Å². The van der Waals surface area contributed by atoms with E-state index >= 15 is 0 Å². The molecule has 32 heavy (non-hydrogen) atoms. The molecule has 0 unspecified atom stereocenters. The van der Waals surface area contributed by atoms with Gasteiger partial charge in [-0.1, -0.05) is 38.5 Å². The predicted octanol–water partition coefficient (Wildman–Crippen LogP) is 3.69. The van der Waals surface area contributed by atoms with E-state index in [9.17, 15) is 19.5 Å². The fourth-order valence-electron chi connectivity index (χ4n) is 5.71. The van der Waals surface area contributed by atoms with Crippen LogP contribution in [-0.4, -0.2) is 43.3 Å². The number of nitrogens with zero attached hydrogens (tertiary/aromatic N) is 3. The number of Topliss-reactive ketones (excluding diaryl/α,β-unsaturated/α-hetero) is 1. The van der Waals surface area contributed by atoms with Crippen LogP contribution in [0.25, 0.3) is 5.57 Å². The molecule has 3 aliphatic carbocycles. The molecule has 1 aromatic heterocycles. The van der Waals surface area contributed by atoms with Crippen molar-refractivity contribution in [3.8, 4) is 0 Å². The zero-order valence-corrected chi connectivity index (χ0v) is 18.7. The summed E-state index contributed by atoms with van der Waals surface area (Å²) in [5, 5.41) is 19.9. The summed E-state index contributed by atoms with van der Waals surface area (Å²) in [7, 11) is 0. The molecule has 8 heteroatoms. The van der Waals surface area contributed by atoms with Crippen LogP contribution in [0.1, 0.15) is 88.4 Å². The number of allylic oxidation sites excluding steroid dienone is 2. The summed E-state index contributed by atoms with van der Waals surface area (Å²) in [6, 6.07) is 0.133. The fourth-order valence-corrected chi connectivity index (χ4v) is 5.71. The molecule has 2 heterocycles. The Labute approximate surface area is 186 Å². The summed E-state index contributed by atoms with van der Waals surface area (Å²) in [5.74, 6) is -1.05. The van der Waals surface area contributed by atoms with Gasteiger partial charge in [-0.15, -0.1) is 0 Å². The van der Waals surface area contributed by atoms with E-state index in [0.717, 1.165) is 57.8 Å². The van der Waals surface area contributed by atoms with Gasteiger partial charge in [-0.3, -0.25) is 19.5 Å². The van der Waals surface area contributed by atoms with E-state index in [1.54, 1.807) is 18.5 Å². The van der Waals surface area contributed by atoms with Crippen LogP contribution in [0, 0.1) is 6.92 Å². The van der Waals surface area contributed by atoms with Gasteiger partial charge in [0.05, 0.1) is 40.1 Å². The topological polar surface area (TPSA) is 108 Å². The predicted molar refractivity (Wildman–Crippen MR) is 120 cm³/mol. The Bertz CT molecular complexity index is 1140. The highest BCUT2D eigenvalue weighted by molar-refractivity contribution is 6.44. The molecule has 4 aliphatic rings. The maximum atomic E-state index is 13.2. The zero-order valence-electron chi connectivity index (χ0n) is 18.7. The third kappa shape index (κ3) is 3.11. The van der Waals surface area contributed by atoms with Crippen molar-refractivity contribution >= 4 is 23.0 Å². The van der Waals surface area contributed by atoms with Crippen molar-refractivity contribution < 1.29 is 14.7 Å². The van der Waals surface area contributed by atoms with Gasteiger partial charge in [0.1, 0.15) is 5.76 Å². The minimum absolute atomic E-state index is 0.00576. The number of hydrogen-bond acceptors (Lipinski definition) is 5. The average molecular weight is 439 g/mol. The third-order valence-corrected chi connectivity index (χ3v) is 7.43. The Hall–Kier alpha value is -2.90. The van der Waals surface area contributed by atoms with Gasteiger partial charge >= 0.3 is 0 Å². The maximum Gasteiger partial charge on any atom is 0.277 e. The highest BCUT2D eigenvalue weighted by Crippen LogP contribution is 2.40. The summed E-state index contributed by atoms with van der Waals surface area (Å²) < 4.78 is 1.61. The first-order valence-electron chi connectivity index (χ1n) is 11.8. The summed E-state index contributed by atoms with van der Waals surface area (Å²) in [6.07, 6.45) is 10.2. The molecule has 0 atom stereocenters. The summed E-state index contributed by atoms with van der Waals surface area (Å²) in [4.78, 5) is 39.4. The fraction of sp³-hybridized carbons (Fsp3) is 0.583. The highest BCUT2D eigenvalue weighted by Gasteiger charge is 2.45. The third-order valence-electron chi connectivity index (χ3n) is 7.43. The van der Waals surface area contributed by atoms with Crippen molar-refractivity contribution in [3.05, 3.63) is 38.5 Å². The standard InChI is InChI=1S/C24H30N4O4/c1-13-17(23(31)27(25-13)15-9-5-3-6-10-15)19-21(29)20(22(19)30)18-14(2)26-28(24(18)32)16-11-7-4-8-12-16/h15-16,25,29H,3-12H2,1-2H3/b20-18+. The molecular formula is C24H30N4O4. The number of hydrazone groups is 1. The molecule has 0 radical (unpaired) electrons. The number of carbonyl (C=O) groups is 2. The molecule has 2 saturated carbocycles. The highest BCUT2D eigenvalue weighted by atomic mass is 16.3. The van der Waals surface area contributed by atoms with Crippen molar-refractivity contribution in [2.45, 2.75) is 90.1 Å². The van der Waals surface area contributed by atoms with E-state index in [1.165, 1.54) is 11.4 Å². The van der Waals surface area contributed by atoms with Crippen LogP contribution in [0.15, 0.2) is 26.8 Å². The number of nitrogens with one attached hydrogen (secondary N) is 1. The van der Waals surface area contributed by atoms with Gasteiger partial charge in [0.2, 0.25) is 5.78 Å². The summed E-state index contributed by atoms with van der Waals surface area (Å²) in [5.41, 5.74) is 1.12. The molecule has 0 spiro atoms. The van der Waals surface area contributed by atoms with Gasteiger partial charge in [-0.2, -0.15) is 5.10 Å². The van der Waals surface area contributed by atoms with Gasteiger partial charge in [0, 0.05) is 5.69 Å². The van der Waals surface area contributed by atoms with Crippen LogP contribution < -0.4 is 5.56 Å². The molecule has 1 amide bonds. The van der Waals surface area contributed by atoms with Crippen molar-refractivity contribution in [2.75, 3.05) is 0 Å². The lowest BCUT2D eigenvalue weighted by molar-refractivity contribution is -0.128. The van der Waals surface area contributed by atoms with Crippen LogP contribution >= 0.6 is 0 Å². The second kappa shape index (κ2) is 7.90. The minimum Gasteiger partial charge on any atom is -0.506 e. The van der Waals surface area contributed by atoms with E-state index in [4.69, 9.17) is 0 Å². The molecule has 0 aromatic carbocycles. The second-order valence-corrected chi connectivity index (χ2v) is 9.51. The Morgan fingerprint density at radius 2 is 1.44 bits per heavy atom. The lowest BCUT2D eigenvalue weighted by Crippen LogP contribution is -2.37. The first kappa shape index (κ1) is 21.0. The van der Waals surface area contributed by atoms with Crippen LogP contribution in [-0.2, 0) is 9.59 Å². The van der Waals surface area contributed by atoms with Crippen molar-refractivity contribution in [1.29, 1.82) is 0 Å². The first-order chi connectivity index (χ1) is 15.4. The average Bonchev–Trinajstić information content (AvgIpc) is 3.26. The van der Waals surface area contributed by atoms with Gasteiger partial charge in [0.15, 0.2) is 0 Å². The Morgan fingerprint density at radius 1 is 0.844 bits per heavy atom. The number of aryl methyl sites for hydroxylation is 1. The SMILES string of the molecule is CC1=NN(C2CCCCC2)C(=O)/C1=C1/C(=O)C(c2c(C)[nH]n(C3CCCCC3)c2=O)=C1O. The quantitative estimate of drug-likeness (QED) is 0.702. The number of ketones is 1. The van der Waals surface area contributed by atoms with Gasteiger partial charge in [-0.05, 0) is 39.5 Å². The first-order valence-corrected chi connectivity index (χ1v) is 11.8. The lowest BCUT2D eigenvalue weighted by Gasteiger charge is -2.28. The van der Waals surface area contributed by atoms with Gasteiger partial charge < -0.3 is 5.11 Å². The molecule has 1 aliphatic heterocycles. The van der Waals surface area contributed by atoms with Crippen molar-refractivity contribution in [1.82, 2.24) is 14.8 Å². The van der Waals surface area contributed by atoms with E-state index in [0.29, 0.717) is 11.4 Å². The maximum absolute atomic E-state index is 13.2. The number of aromatic amines is 1. The van der Waals surface area contributed by atoms with Crippen LogP contribution in [0.3, 0.4) is 0 Å². The van der Waals surface area contributed by atoms with Gasteiger partial charge in [-0.25, -0.2) is 9.69 Å². The molecule has 8 nitrogen and oxygen atoms in total. The zero-order chi connectivity index (χ0) is 22.6. The molecule has 2 N–H and O–H groups in total. The number of rotatable bonds is 3. The molecule has 5 rings (SSSR count). The number of carbonyl (C=O) groups excluding carboxylic acids is 2. The number of aliphatic hydroxyl groups is 1. The molecular weight excluding hydrogens is 408 g/mol. The number of H-pyrrole nitrogens is 1. The van der Waals surface area contributed by atoms with Crippen molar-refractivity contribution in [2.24, 2.45) is 5.10 Å². The summed E-state index contributed by atoms with van der Waals surface area (Å²) in [6.45, 7) is 3.44. The Balaban J connectivity index is 1.50. The lowest BCUT2D eigenvalue weighted by atomic mass is 9.80. The number of aromatic nitrogens is 2. The van der Waals surface area contributed by atoms with Crippen LogP contribution in [0.4, 0.5) is 0 Å². The monoisotopic (exact) mass is 438 g/mol. The Kier molecular flexibility index (Phi) is 5.18. The minimum atomic E-state index is -0.458. The molecule has 170 valence electrons. The molecule has 2 fully saturated rings. The number of amides is 1. The smallest absolute Gasteiger partial charge is 0.277 e. The molecule has 1 aromatic rings. The van der Waals surface area contributed by atoms with E-state index in [1.807, 2.05) is 0 Å². The van der Waals surface area contributed by atoms with E-state index in [2.05, 4.69) is 10.2 Å². The number of aliphatic hydroxyl groups excluding tert-OH is 1. The molecule has 0 bridgehead atoms. The second-order valence-electron chi connectivity index (χ2n) is 9.51. The molecule has 0 saturated heterocycles. The summed E-state index contributed by atoms with van der Waals surface area (Å²) >= 11 is 0. The van der Waals surface area contributed by atoms with Crippen LogP contribution in [0.2, 0.25) is 0 Å². The Morgan fingerprint density at radius 3 is 2.03 bits per heavy atom. The van der Waals surface area contributed by atoms with E-state index in [-0.39, 0.29) is 51.6 Å². The van der Waals surface area contributed by atoms with Gasteiger partial charge in [0.25, 0.3) is 11.5 Å². The normalized spacial score (nSPS) is 25.6. The number of hydrogen-bond donors (Lipinski definition) is 2. The largest absolute Gasteiger partial charge is 0.506 e. The van der Waals surface area contributed by atoms with Crippen LogP contribution in [0.5, 0.6) is 0 Å².